The molecule has 0 aromatic heterocycles. The van der Waals surface area contributed by atoms with E-state index in [0.29, 0.717) is 18.0 Å². The normalized spacial score (nSPS) is 11.6. The van der Waals surface area contributed by atoms with Gasteiger partial charge < -0.3 is 5.32 Å². The van der Waals surface area contributed by atoms with Gasteiger partial charge in [-0.25, -0.2) is 8.42 Å². The lowest BCUT2D eigenvalue weighted by atomic mass is 10.1. The summed E-state index contributed by atoms with van der Waals surface area (Å²) in [6.07, 6.45) is 1.94. The molecule has 0 aliphatic heterocycles. The van der Waals surface area contributed by atoms with Crippen molar-refractivity contribution >= 4 is 25.6 Å². The number of nitrogens with one attached hydrogen (secondary N) is 1. The van der Waals surface area contributed by atoms with Crippen molar-refractivity contribution in [2.24, 2.45) is 5.92 Å². The zero-order valence-electron chi connectivity index (χ0n) is 11.0. The predicted octanol–water partition coefficient (Wildman–Crippen LogP) is 2.78. The van der Waals surface area contributed by atoms with Crippen molar-refractivity contribution in [1.82, 2.24) is 5.32 Å². The summed E-state index contributed by atoms with van der Waals surface area (Å²) in [6.45, 7) is 4.82. The second kappa shape index (κ2) is 6.91. The van der Waals surface area contributed by atoms with E-state index in [1.165, 1.54) is 18.2 Å². The van der Waals surface area contributed by atoms with Crippen LogP contribution in [0.15, 0.2) is 29.2 Å². The molecule has 0 fully saturated rings. The fraction of sp³-hybridized carbons (Fsp3) is 0.462. The zero-order valence-corrected chi connectivity index (χ0v) is 12.6. The molecule has 1 amide bonds. The van der Waals surface area contributed by atoms with Gasteiger partial charge in [0.25, 0.3) is 15.0 Å². The van der Waals surface area contributed by atoms with Crippen LogP contribution in [0.5, 0.6) is 0 Å². The van der Waals surface area contributed by atoms with Crippen molar-refractivity contribution in [3.8, 4) is 0 Å². The van der Waals surface area contributed by atoms with Crippen LogP contribution in [0, 0.1) is 5.92 Å². The Hall–Kier alpha value is -1.07. The lowest BCUT2D eigenvalue weighted by molar-refractivity contribution is 0.0952. The number of carbonyl (C=O) groups excluding carboxylic acids is 1. The van der Waals surface area contributed by atoms with E-state index in [1.54, 1.807) is 6.07 Å². The highest BCUT2D eigenvalue weighted by atomic mass is 35.7. The highest BCUT2D eigenvalue weighted by molar-refractivity contribution is 8.13. The fourth-order valence-corrected chi connectivity index (χ4v) is 2.40. The van der Waals surface area contributed by atoms with Crippen LogP contribution in [0.4, 0.5) is 0 Å². The molecule has 0 atom stereocenters. The Labute approximate surface area is 118 Å². The van der Waals surface area contributed by atoms with Gasteiger partial charge in [0.15, 0.2) is 0 Å². The van der Waals surface area contributed by atoms with Gasteiger partial charge in [-0.15, -0.1) is 0 Å². The Morgan fingerprint density at radius 2 is 2.05 bits per heavy atom. The summed E-state index contributed by atoms with van der Waals surface area (Å²) in [7, 11) is 1.43. The van der Waals surface area contributed by atoms with Crippen LogP contribution in [0.2, 0.25) is 0 Å². The van der Waals surface area contributed by atoms with Crippen molar-refractivity contribution < 1.29 is 13.2 Å². The van der Waals surface area contributed by atoms with Gasteiger partial charge in [-0.1, -0.05) is 19.9 Å². The number of hydrogen-bond donors (Lipinski definition) is 1. The number of hydrogen-bond acceptors (Lipinski definition) is 3. The average Bonchev–Trinajstić information content (AvgIpc) is 2.33. The van der Waals surface area contributed by atoms with Gasteiger partial charge in [0, 0.05) is 22.8 Å². The molecule has 6 heteroatoms. The summed E-state index contributed by atoms with van der Waals surface area (Å²) in [6, 6.07) is 5.69. The van der Waals surface area contributed by atoms with Crippen LogP contribution < -0.4 is 5.32 Å². The Bertz CT molecular complexity index is 541. The topological polar surface area (TPSA) is 63.2 Å². The third-order valence-electron chi connectivity index (χ3n) is 2.62. The number of amides is 1. The average molecular weight is 304 g/mol. The molecule has 1 aromatic carbocycles. The van der Waals surface area contributed by atoms with Crippen LogP contribution in [0.25, 0.3) is 0 Å². The maximum atomic E-state index is 11.8. The quantitative estimate of drug-likeness (QED) is 0.649. The van der Waals surface area contributed by atoms with Gasteiger partial charge in [0.1, 0.15) is 0 Å². The summed E-state index contributed by atoms with van der Waals surface area (Å²) < 4.78 is 22.4. The summed E-state index contributed by atoms with van der Waals surface area (Å²) in [5, 5.41) is 2.76. The summed E-state index contributed by atoms with van der Waals surface area (Å²) in [5.41, 5.74) is 0.297. The summed E-state index contributed by atoms with van der Waals surface area (Å²) in [5.74, 6) is 0.313. The van der Waals surface area contributed by atoms with Gasteiger partial charge in [-0.2, -0.15) is 0 Å². The van der Waals surface area contributed by atoms with Crippen molar-refractivity contribution in [2.45, 2.75) is 31.6 Å². The molecular formula is C13H18ClNO3S. The van der Waals surface area contributed by atoms with Crippen LogP contribution in [-0.4, -0.2) is 20.9 Å². The molecule has 1 rings (SSSR count). The smallest absolute Gasteiger partial charge is 0.261 e. The van der Waals surface area contributed by atoms with E-state index in [2.05, 4.69) is 19.2 Å². The molecule has 0 aliphatic carbocycles. The summed E-state index contributed by atoms with van der Waals surface area (Å²) in [4.78, 5) is 11.8. The monoisotopic (exact) mass is 303 g/mol. The maximum Gasteiger partial charge on any atom is 0.261 e. The third-order valence-corrected chi connectivity index (χ3v) is 3.97. The zero-order chi connectivity index (χ0) is 14.5. The molecule has 0 bridgehead atoms. The van der Waals surface area contributed by atoms with Crippen molar-refractivity contribution in [3.05, 3.63) is 29.8 Å². The van der Waals surface area contributed by atoms with Crippen molar-refractivity contribution in [2.75, 3.05) is 6.54 Å². The first-order chi connectivity index (χ1) is 8.80. The number of halogens is 1. The Morgan fingerprint density at radius 3 is 2.63 bits per heavy atom. The minimum Gasteiger partial charge on any atom is -0.352 e. The Kier molecular flexibility index (Phi) is 5.82. The van der Waals surface area contributed by atoms with Gasteiger partial charge in [0.05, 0.1) is 4.90 Å². The lowest BCUT2D eigenvalue weighted by Gasteiger charge is -2.07. The van der Waals surface area contributed by atoms with E-state index in [9.17, 15) is 13.2 Å². The Morgan fingerprint density at radius 1 is 1.37 bits per heavy atom. The lowest BCUT2D eigenvalue weighted by Crippen LogP contribution is -2.24. The van der Waals surface area contributed by atoms with E-state index >= 15 is 0 Å². The first kappa shape index (κ1) is 16.0. The molecule has 0 spiro atoms. The number of carbonyl (C=O) groups is 1. The van der Waals surface area contributed by atoms with E-state index < -0.39 is 9.05 Å². The molecule has 19 heavy (non-hydrogen) atoms. The first-order valence-corrected chi connectivity index (χ1v) is 8.44. The molecule has 106 valence electrons. The molecule has 1 aromatic rings. The summed E-state index contributed by atoms with van der Waals surface area (Å²) >= 11 is 0. The molecule has 0 aliphatic rings. The SMILES string of the molecule is CC(C)CCCNC(=O)c1cccc(S(=O)(=O)Cl)c1. The Balaban J connectivity index is 2.63. The van der Waals surface area contributed by atoms with Crippen molar-refractivity contribution in [1.29, 1.82) is 0 Å². The fourth-order valence-electron chi connectivity index (χ4n) is 1.60. The minimum absolute atomic E-state index is 0.0657. The second-order valence-corrected chi connectivity index (χ2v) is 7.32. The molecule has 1 N–H and O–H groups in total. The van der Waals surface area contributed by atoms with Gasteiger partial charge in [-0.05, 0) is 37.0 Å². The third kappa shape index (κ3) is 5.61. The minimum atomic E-state index is -3.80. The van der Waals surface area contributed by atoms with Gasteiger partial charge >= 0.3 is 0 Å². The predicted molar refractivity (Wildman–Crippen MR) is 75.9 cm³/mol. The second-order valence-electron chi connectivity index (χ2n) is 4.76. The molecule has 0 unspecified atom stereocenters. The van der Waals surface area contributed by atoms with Crippen LogP contribution in [-0.2, 0) is 9.05 Å². The molecule has 0 heterocycles. The van der Waals surface area contributed by atoms with Crippen molar-refractivity contribution in [3.63, 3.8) is 0 Å². The van der Waals surface area contributed by atoms with Gasteiger partial charge in [0.2, 0.25) is 0 Å². The highest BCUT2D eigenvalue weighted by Gasteiger charge is 2.13. The molecule has 0 saturated heterocycles. The highest BCUT2D eigenvalue weighted by Crippen LogP contribution is 2.16. The van der Waals surface area contributed by atoms with E-state index in [1.807, 2.05) is 0 Å². The number of rotatable bonds is 6. The molecular weight excluding hydrogens is 286 g/mol. The standard InChI is InChI=1S/C13H18ClNO3S/c1-10(2)5-4-8-15-13(16)11-6-3-7-12(9-11)19(14,17)18/h3,6-7,9-10H,4-5,8H2,1-2H3,(H,15,16). The van der Waals surface area contributed by atoms with E-state index in [-0.39, 0.29) is 10.8 Å². The van der Waals surface area contributed by atoms with Crippen LogP contribution in [0.3, 0.4) is 0 Å². The van der Waals surface area contributed by atoms with E-state index in [0.717, 1.165) is 12.8 Å². The molecule has 0 radical (unpaired) electrons. The van der Waals surface area contributed by atoms with Crippen LogP contribution in [0.1, 0.15) is 37.0 Å². The molecule has 4 nitrogen and oxygen atoms in total. The van der Waals surface area contributed by atoms with Gasteiger partial charge in [-0.3, -0.25) is 4.79 Å². The van der Waals surface area contributed by atoms with Crippen LogP contribution >= 0.6 is 10.7 Å². The first-order valence-electron chi connectivity index (χ1n) is 6.13. The molecule has 0 saturated carbocycles. The maximum absolute atomic E-state index is 11.8. The van der Waals surface area contributed by atoms with E-state index in [4.69, 9.17) is 10.7 Å². The number of benzene rings is 1. The largest absolute Gasteiger partial charge is 0.352 e.